The average molecular weight is 306 g/mol. The van der Waals surface area contributed by atoms with Crippen molar-refractivity contribution < 1.29 is 19.1 Å². The number of carbonyl (C=O) groups excluding carboxylic acids is 2. The molecule has 0 spiro atoms. The molecule has 0 N–H and O–H groups in total. The maximum atomic E-state index is 12.6. The zero-order valence-corrected chi connectivity index (χ0v) is 13.1. The summed E-state index contributed by atoms with van der Waals surface area (Å²) in [6.45, 7) is 4.40. The van der Waals surface area contributed by atoms with Gasteiger partial charge in [0.2, 0.25) is 0 Å². The number of carbonyl (C=O) groups is 2. The Bertz CT molecular complexity index is 533. The molecule has 2 rings (SSSR count). The molecular weight excluding hydrogens is 284 g/mol. The lowest BCUT2D eigenvalue weighted by Gasteiger charge is -2.22. The molecule has 1 aliphatic heterocycles. The number of amides is 2. The van der Waals surface area contributed by atoms with E-state index in [-0.39, 0.29) is 12.0 Å². The molecule has 1 fully saturated rings. The van der Waals surface area contributed by atoms with Crippen LogP contribution in [0.15, 0.2) is 24.3 Å². The summed E-state index contributed by atoms with van der Waals surface area (Å²) in [6.07, 6.45) is 0.437. The highest BCUT2D eigenvalue weighted by molar-refractivity contribution is 5.94. The molecular formula is C16H22N2O4. The summed E-state index contributed by atoms with van der Waals surface area (Å²) in [5, 5.41) is 0. The van der Waals surface area contributed by atoms with E-state index >= 15 is 0 Å². The second-order valence-corrected chi connectivity index (χ2v) is 5.06. The third kappa shape index (κ3) is 3.90. The average Bonchev–Trinajstić information content (AvgIpc) is 2.80. The first-order valence-electron chi connectivity index (χ1n) is 7.50. The molecule has 0 aromatic heterocycles. The third-order valence-corrected chi connectivity index (χ3v) is 3.63. The molecule has 120 valence electrons. The first-order chi connectivity index (χ1) is 10.7. The van der Waals surface area contributed by atoms with Crippen LogP contribution in [0.2, 0.25) is 0 Å². The van der Waals surface area contributed by atoms with E-state index < -0.39 is 0 Å². The second kappa shape index (κ2) is 7.68. The lowest BCUT2D eigenvalue weighted by atomic mass is 10.2. The van der Waals surface area contributed by atoms with Crippen LogP contribution in [0.1, 0.15) is 23.7 Å². The van der Waals surface area contributed by atoms with Crippen molar-refractivity contribution in [1.29, 1.82) is 0 Å². The molecule has 0 bridgehead atoms. The molecule has 1 aliphatic rings. The number of rotatable bonds is 3. The van der Waals surface area contributed by atoms with E-state index in [9.17, 15) is 9.59 Å². The van der Waals surface area contributed by atoms with Gasteiger partial charge >= 0.3 is 6.09 Å². The molecule has 6 heteroatoms. The lowest BCUT2D eigenvalue weighted by Crippen LogP contribution is -2.37. The van der Waals surface area contributed by atoms with Crippen LogP contribution in [0.25, 0.3) is 0 Å². The van der Waals surface area contributed by atoms with E-state index in [1.165, 1.54) is 0 Å². The van der Waals surface area contributed by atoms with Crippen molar-refractivity contribution in [3.63, 3.8) is 0 Å². The highest BCUT2D eigenvalue weighted by Crippen LogP contribution is 2.15. The van der Waals surface area contributed by atoms with Gasteiger partial charge in [-0.25, -0.2) is 4.79 Å². The van der Waals surface area contributed by atoms with E-state index in [1.807, 2.05) is 6.07 Å². The van der Waals surface area contributed by atoms with Crippen molar-refractivity contribution in [2.75, 3.05) is 39.9 Å². The standard InChI is InChI=1S/C16H22N2O4/c1-3-22-16(20)18-9-5-8-17(10-11-18)15(19)13-6-4-7-14(12-13)21-2/h4,6-7,12H,3,5,8-11H2,1-2H3. The molecule has 2 amide bonds. The molecule has 1 aromatic rings. The fraction of sp³-hybridized carbons (Fsp3) is 0.500. The first-order valence-corrected chi connectivity index (χ1v) is 7.50. The number of hydrogen-bond donors (Lipinski definition) is 0. The van der Waals surface area contributed by atoms with E-state index in [4.69, 9.17) is 9.47 Å². The topological polar surface area (TPSA) is 59.1 Å². The molecule has 1 aromatic carbocycles. The minimum Gasteiger partial charge on any atom is -0.497 e. The Morgan fingerprint density at radius 1 is 1.14 bits per heavy atom. The Balaban J connectivity index is 2.00. The predicted molar refractivity (Wildman–Crippen MR) is 82.1 cm³/mol. The number of ether oxygens (including phenoxy) is 2. The molecule has 1 heterocycles. The molecule has 0 saturated carbocycles. The molecule has 1 saturated heterocycles. The minimum absolute atomic E-state index is 0.0374. The van der Waals surface area contributed by atoms with E-state index in [0.29, 0.717) is 44.1 Å². The third-order valence-electron chi connectivity index (χ3n) is 3.63. The number of hydrogen-bond acceptors (Lipinski definition) is 4. The summed E-state index contributed by atoms with van der Waals surface area (Å²) in [7, 11) is 1.58. The fourth-order valence-electron chi connectivity index (χ4n) is 2.46. The van der Waals surface area contributed by atoms with Gasteiger partial charge in [-0.2, -0.15) is 0 Å². The van der Waals surface area contributed by atoms with Gasteiger partial charge in [-0.15, -0.1) is 0 Å². The number of methoxy groups -OCH3 is 1. The number of benzene rings is 1. The van der Waals surface area contributed by atoms with Gasteiger partial charge in [-0.1, -0.05) is 6.07 Å². The molecule has 22 heavy (non-hydrogen) atoms. The van der Waals surface area contributed by atoms with Crippen molar-refractivity contribution in [2.45, 2.75) is 13.3 Å². The second-order valence-electron chi connectivity index (χ2n) is 5.06. The molecule has 0 unspecified atom stereocenters. The van der Waals surface area contributed by atoms with Crippen LogP contribution in [-0.2, 0) is 4.74 Å². The SMILES string of the molecule is CCOC(=O)N1CCCN(C(=O)c2cccc(OC)c2)CC1. The highest BCUT2D eigenvalue weighted by Gasteiger charge is 2.23. The normalized spacial score (nSPS) is 15.2. The molecule has 6 nitrogen and oxygen atoms in total. The largest absolute Gasteiger partial charge is 0.497 e. The van der Waals surface area contributed by atoms with Crippen molar-refractivity contribution in [3.8, 4) is 5.75 Å². The Kier molecular flexibility index (Phi) is 5.63. The van der Waals surface area contributed by atoms with Gasteiger partial charge in [-0.05, 0) is 31.5 Å². The van der Waals surface area contributed by atoms with Gasteiger partial charge in [0.1, 0.15) is 5.75 Å². The Hall–Kier alpha value is -2.24. The van der Waals surface area contributed by atoms with Gasteiger partial charge < -0.3 is 19.3 Å². The van der Waals surface area contributed by atoms with Crippen molar-refractivity contribution in [1.82, 2.24) is 9.80 Å². The molecule has 0 atom stereocenters. The van der Waals surface area contributed by atoms with Crippen LogP contribution in [0.3, 0.4) is 0 Å². The maximum absolute atomic E-state index is 12.6. The first kappa shape index (κ1) is 16.1. The summed E-state index contributed by atoms with van der Waals surface area (Å²) in [5.74, 6) is 0.624. The van der Waals surface area contributed by atoms with Gasteiger partial charge in [0, 0.05) is 31.7 Å². The van der Waals surface area contributed by atoms with Crippen LogP contribution in [0.4, 0.5) is 4.79 Å². The summed E-state index contributed by atoms with van der Waals surface area (Å²) in [5.41, 5.74) is 0.601. The van der Waals surface area contributed by atoms with Gasteiger partial charge in [-0.3, -0.25) is 4.79 Å². The monoisotopic (exact) mass is 306 g/mol. The summed E-state index contributed by atoms with van der Waals surface area (Å²) in [4.78, 5) is 27.8. The van der Waals surface area contributed by atoms with Gasteiger partial charge in [0.25, 0.3) is 5.91 Å². The summed E-state index contributed by atoms with van der Waals surface area (Å²) in [6, 6.07) is 7.12. The summed E-state index contributed by atoms with van der Waals surface area (Å²) >= 11 is 0. The van der Waals surface area contributed by atoms with E-state index in [0.717, 1.165) is 6.42 Å². The summed E-state index contributed by atoms with van der Waals surface area (Å²) < 4.78 is 10.2. The van der Waals surface area contributed by atoms with Crippen LogP contribution in [0, 0.1) is 0 Å². The highest BCUT2D eigenvalue weighted by atomic mass is 16.6. The van der Waals surface area contributed by atoms with E-state index in [1.54, 1.807) is 42.0 Å². The lowest BCUT2D eigenvalue weighted by molar-refractivity contribution is 0.0753. The Morgan fingerprint density at radius 2 is 1.86 bits per heavy atom. The Labute approximate surface area is 130 Å². The van der Waals surface area contributed by atoms with Crippen molar-refractivity contribution in [2.24, 2.45) is 0 Å². The zero-order chi connectivity index (χ0) is 15.9. The van der Waals surface area contributed by atoms with Crippen LogP contribution in [0.5, 0.6) is 5.75 Å². The van der Waals surface area contributed by atoms with Crippen LogP contribution < -0.4 is 4.74 Å². The van der Waals surface area contributed by atoms with Gasteiger partial charge in [0.15, 0.2) is 0 Å². The predicted octanol–water partition coefficient (Wildman–Crippen LogP) is 2.00. The quantitative estimate of drug-likeness (QED) is 0.857. The smallest absolute Gasteiger partial charge is 0.409 e. The van der Waals surface area contributed by atoms with E-state index in [2.05, 4.69) is 0 Å². The zero-order valence-electron chi connectivity index (χ0n) is 13.1. The van der Waals surface area contributed by atoms with Crippen LogP contribution in [-0.4, -0.2) is 61.7 Å². The minimum atomic E-state index is -0.307. The molecule has 0 aliphatic carbocycles. The van der Waals surface area contributed by atoms with Crippen molar-refractivity contribution >= 4 is 12.0 Å². The fourth-order valence-corrected chi connectivity index (χ4v) is 2.46. The van der Waals surface area contributed by atoms with Crippen LogP contribution >= 0.6 is 0 Å². The van der Waals surface area contributed by atoms with Crippen molar-refractivity contribution in [3.05, 3.63) is 29.8 Å². The maximum Gasteiger partial charge on any atom is 0.409 e. The Morgan fingerprint density at radius 3 is 2.59 bits per heavy atom. The molecule has 0 radical (unpaired) electrons. The van der Waals surface area contributed by atoms with Gasteiger partial charge in [0.05, 0.1) is 13.7 Å². The number of nitrogens with zero attached hydrogens (tertiary/aromatic N) is 2.